The van der Waals surface area contributed by atoms with Crippen molar-refractivity contribution in [3.05, 3.63) is 53.9 Å². The van der Waals surface area contributed by atoms with Gasteiger partial charge in [0.1, 0.15) is 12.1 Å². The van der Waals surface area contributed by atoms with Crippen LogP contribution in [-0.4, -0.2) is 72.7 Å². The summed E-state index contributed by atoms with van der Waals surface area (Å²) < 4.78 is 31.2. The number of aliphatic imine (C=N–C) groups is 1. The van der Waals surface area contributed by atoms with Gasteiger partial charge < -0.3 is 15.0 Å². The van der Waals surface area contributed by atoms with Gasteiger partial charge >= 0.3 is 5.97 Å². The molecule has 0 saturated carbocycles. The number of carbonyl (C=O) groups excluding carboxylic acids is 2. The number of hydrogen-bond acceptors (Lipinski definition) is 10. The minimum atomic E-state index is -3.33. The number of nitrogens with one attached hydrogen (secondary N) is 2. The van der Waals surface area contributed by atoms with Crippen molar-refractivity contribution >= 4 is 50.4 Å². The number of aromatic nitrogens is 3. The largest absolute Gasteiger partial charge is 0.465 e. The second kappa shape index (κ2) is 21.2. The molecule has 0 bridgehead atoms. The fraction of sp³-hybridized carbons (Fsp3) is 0.571. The Morgan fingerprint density at radius 2 is 1.52 bits per heavy atom. The molecular formula is C42H62N8O5S. The third-order valence-electron chi connectivity index (χ3n) is 9.60. The standard InChI is InChI=1S/C42H62N8O5S/c1-8-10-11-12-13-14-15-16-17-18-19-20-27-55-37(52)29-36(51)44-33-23-21-32(22-24-33)40-46-41-38(39(42(4,5)6)47-50(41)48-40)45-35-26-25-34(28-31(35)3)49(9-2)30-43-56(7,53)54/h21-26,28,43H,8-20,27,29-30H2,1-7H3,(H,44,51)/b45-38-. The van der Waals surface area contributed by atoms with Crippen molar-refractivity contribution in [2.45, 2.75) is 125 Å². The second-order valence-electron chi connectivity index (χ2n) is 15.6. The van der Waals surface area contributed by atoms with E-state index in [1.54, 1.807) is 24.3 Å². The maximum absolute atomic E-state index is 12.6. The van der Waals surface area contributed by atoms with Crippen molar-refractivity contribution in [1.29, 1.82) is 0 Å². The first-order valence-corrected chi connectivity index (χ1v) is 22.1. The topological polar surface area (TPSA) is 160 Å². The van der Waals surface area contributed by atoms with E-state index in [2.05, 4.69) is 42.8 Å². The fourth-order valence-corrected chi connectivity index (χ4v) is 6.77. The van der Waals surface area contributed by atoms with Gasteiger partial charge in [0.2, 0.25) is 21.8 Å². The van der Waals surface area contributed by atoms with Crippen molar-refractivity contribution < 1.29 is 22.7 Å². The van der Waals surface area contributed by atoms with Crippen molar-refractivity contribution in [1.82, 2.24) is 19.6 Å². The molecule has 306 valence electrons. The lowest BCUT2D eigenvalue weighted by Crippen LogP contribution is -2.37. The molecule has 1 amide bonds. The molecule has 0 aliphatic carbocycles. The van der Waals surface area contributed by atoms with Crippen LogP contribution in [0.25, 0.3) is 11.4 Å². The average molecular weight is 791 g/mol. The van der Waals surface area contributed by atoms with Gasteiger partial charge in [-0.15, -0.1) is 9.89 Å². The molecule has 0 radical (unpaired) electrons. The second-order valence-corrected chi connectivity index (χ2v) is 17.5. The minimum Gasteiger partial charge on any atom is -0.465 e. The summed E-state index contributed by atoms with van der Waals surface area (Å²) in [4.78, 5) is 38.1. The first-order valence-electron chi connectivity index (χ1n) is 20.2. The van der Waals surface area contributed by atoms with E-state index in [9.17, 15) is 18.0 Å². The summed E-state index contributed by atoms with van der Waals surface area (Å²) in [6.07, 6.45) is 15.6. The molecule has 1 aromatic heterocycles. The van der Waals surface area contributed by atoms with Crippen LogP contribution < -0.4 is 14.9 Å². The molecule has 56 heavy (non-hydrogen) atoms. The molecule has 0 atom stereocenters. The number of ether oxygens (including phenoxy) is 1. The molecule has 0 spiro atoms. The summed E-state index contributed by atoms with van der Waals surface area (Å²) in [6.45, 7) is 13.5. The van der Waals surface area contributed by atoms with Crippen LogP contribution >= 0.6 is 0 Å². The van der Waals surface area contributed by atoms with Crippen LogP contribution in [0.3, 0.4) is 0 Å². The van der Waals surface area contributed by atoms with E-state index >= 15 is 0 Å². The van der Waals surface area contributed by atoms with Gasteiger partial charge in [-0.25, -0.2) is 18.4 Å². The number of unbranched alkanes of at least 4 members (excludes halogenated alkanes) is 11. The van der Waals surface area contributed by atoms with Crippen LogP contribution in [0.4, 0.5) is 17.1 Å². The maximum Gasteiger partial charge on any atom is 0.315 e. The summed E-state index contributed by atoms with van der Waals surface area (Å²) in [5.74, 6) is 0.00769. The molecule has 2 heterocycles. The van der Waals surface area contributed by atoms with E-state index < -0.39 is 21.9 Å². The number of hydrogen-bond donors (Lipinski definition) is 2. The van der Waals surface area contributed by atoms with Gasteiger partial charge in [-0.2, -0.15) is 9.82 Å². The molecular weight excluding hydrogens is 729 g/mol. The number of benzene rings is 2. The average Bonchev–Trinajstić information content (AvgIpc) is 3.70. The SMILES string of the molecule is CCCCCCCCCCCCCCOC(=O)CC(=O)Nc1ccc(-c2nc3n(n2)N=C(C(C)(C)C)/C3=N/c2ccc(N(CC)CNS(C)(=O)=O)cc2C)cc1. The molecule has 2 aromatic carbocycles. The Bertz CT molecular complexity index is 1930. The summed E-state index contributed by atoms with van der Waals surface area (Å²) in [7, 11) is -3.33. The van der Waals surface area contributed by atoms with Gasteiger partial charge in [-0.3, -0.25) is 9.59 Å². The Balaban J connectivity index is 1.29. The van der Waals surface area contributed by atoms with E-state index in [4.69, 9.17) is 19.8 Å². The molecule has 0 fully saturated rings. The van der Waals surface area contributed by atoms with E-state index in [0.29, 0.717) is 36.2 Å². The maximum atomic E-state index is 12.6. The lowest BCUT2D eigenvalue weighted by Gasteiger charge is -2.24. The smallest absolute Gasteiger partial charge is 0.315 e. The summed E-state index contributed by atoms with van der Waals surface area (Å²) in [5.41, 5.74) is 4.81. The minimum absolute atomic E-state index is 0.164. The fourth-order valence-electron chi connectivity index (χ4n) is 6.38. The van der Waals surface area contributed by atoms with Crippen LogP contribution in [0, 0.1) is 12.3 Å². The van der Waals surface area contributed by atoms with Crippen molar-refractivity contribution in [2.24, 2.45) is 15.5 Å². The van der Waals surface area contributed by atoms with E-state index in [1.807, 2.05) is 36.9 Å². The van der Waals surface area contributed by atoms with Crippen molar-refractivity contribution in [3.63, 3.8) is 0 Å². The first kappa shape index (κ1) is 44.3. The van der Waals surface area contributed by atoms with Gasteiger partial charge in [0, 0.05) is 28.9 Å². The normalized spacial score (nSPS) is 13.5. The quantitative estimate of drug-likeness (QED) is 0.0418. The Kier molecular flexibility index (Phi) is 16.8. The number of amides is 1. The van der Waals surface area contributed by atoms with Crippen LogP contribution in [0.5, 0.6) is 0 Å². The number of aryl methyl sites for hydroxylation is 1. The number of esters is 1. The number of anilines is 2. The highest BCUT2D eigenvalue weighted by Crippen LogP contribution is 2.31. The number of sulfonamides is 1. The van der Waals surface area contributed by atoms with E-state index in [1.165, 1.54) is 62.6 Å². The summed E-state index contributed by atoms with van der Waals surface area (Å²) >= 11 is 0. The molecule has 3 aromatic rings. The molecule has 1 aliphatic heterocycles. The predicted molar refractivity (Wildman–Crippen MR) is 226 cm³/mol. The summed E-state index contributed by atoms with van der Waals surface area (Å²) in [6, 6.07) is 12.9. The lowest BCUT2D eigenvalue weighted by molar-refractivity contribution is -0.145. The highest BCUT2D eigenvalue weighted by atomic mass is 32.2. The van der Waals surface area contributed by atoms with E-state index in [0.717, 1.165) is 53.7 Å². The zero-order valence-electron chi connectivity index (χ0n) is 34.5. The Labute approximate surface area is 333 Å². The van der Waals surface area contributed by atoms with Crippen LogP contribution in [0.15, 0.2) is 52.6 Å². The zero-order valence-corrected chi connectivity index (χ0v) is 35.3. The molecule has 13 nitrogen and oxygen atoms in total. The van der Waals surface area contributed by atoms with Gasteiger partial charge in [0.15, 0.2) is 5.82 Å². The van der Waals surface area contributed by atoms with Crippen LogP contribution in [0.1, 0.15) is 129 Å². The van der Waals surface area contributed by atoms with Gasteiger partial charge in [-0.05, 0) is 68.3 Å². The highest BCUT2D eigenvalue weighted by Gasteiger charge is 2.35. The lowest BCUT2D eigenvalue weighted by atomic mass is 9.87. The Morgan fingerprint density at radius 1 is 0.893 bits per heavy atom. The third kappa shape index (κ3) is 13.9. The van der Waals surface area contributed by atoms with E-state index in [-0.39, 0.29) is 18.5 Å². The molecule has 0 unspecified atom stereocenters. The van der Waals surface area contributed by atoms with Gasteiger partial charge in [0.05, 0.1) is 30.9 Å². The number of fused-ring (bicyclic) bond motifs is 1. The Hall–Kier alpha value is -4.43. The van der Waals surface area contributed by atoms with Crippen molar-refractivity contribution in [3.8, 4) is 11.4 Å². The predicted octanol–water partition coefficient (Wildman–Crippen LogP) is 8.54. The molecule has 0 saturated heterocycles. The third-order valence-corrected chi connectivity index (χ3v) is 10.3. The van der Waals surface area contributed by atoms with Crippen LogP contribution in [0.2, 0.25) is 0 Å². The zero-order chi connectivity index (χ0) is 40.7. The molecule has 4 rings (SSSR count). The summed E-state index contributed by atoms with van der Waals surface area (Å²) in [5, 5.41) is 12.2. The molecule has 14 heteroatoms. The molecule has 1 aliphatic rings. The molecule has 2 N–H and O–H groups in total. The van der Waals surface area contributed by atoms with Crippen LogP contribution in [-0.2, 0) is 24.3 Å². The number of nitrogens with zero attached hydrogens (tertiary/aromatic N) is 6. The van der Waals surface area contributed by atoms with Gasteiger partial charge in [0.25, 0.3) is 0 Å². The van der Waals surface area contributed by atoms with Crippen molar-refractivity contribution in [2.75, 3.05) is 36.3 Å². The Morgan fingerprint density at radius 3 is 2.09 bits per heavy atom. The number of rotatable bonds is 23. The van der Waals surface area contributed by atoms with Gasteiger partial charge in [-0.1, -0.05) is 98.3 Å². The monoisotopic (exact) mass is 790 g/mol. The highest BCUT2D eigenvalue weighted by molar-refractivity contribution is 7.88. The first-order chi connectivity index (χ1) is 26.7. The number of carbonyl (C=O) groups is 2.